The lowest BCUT2D eigenvalue weighted by Crippen LogP contribution is -2.03. The molecule has 1 amide bonds. The molecule has 0 aliphatic carbocycles. The van der Waals surface area contributed by atoms with Crippen LogP contribution in [0.4, 0.5) is 5.69 Å². The molecule has 0 fully saturated rings. The Balaban J connectivity index is 2.09. The van der Waals surface area contributed by atoms with Gasteiger partial charge in [-0.2, -0.15) is 0 Å². The molecular weight excluding hydrogens is 242 g/mol. The highest BCUT2D eigenvalue weighted by atomic mass is 16.3. The molecule has 4 nitrogen and oxygen atoms in total. The van der Waals surface area contributed by atoms with Gasteiger partial charge in [0.25, 0.3) is 5.91 Å². The summed E-state index contributed by atoms with van der Waals surface area (Å²) in [6.07, 6.45) is 1.71. The minimum Gasteiger partial charge on any atom is -0.508 e. The highest BCUT2D eigenvalue weighted by Gasteiger charge is 2.24. The zero-order valence-corrected chi connectivity index (χ0v) is 9.92. The third-order valence-electron chi connectivity index (χ3n) is 2.97. The van der Waals surface area contributed by atoms with Crippen molar-refractivity contribution >= 4 is 23.2 Å². The van der Waals surface area contributed by atoms with E-state index in [4.69, 9.17) is 0 Å². The second-order valence-electron chi connectivity index (χ2n) is 4.34. The second kappa shape index (κ2) is 4.17. The van der Waals surface area contributed by atoms with Crippen molar-refractivity contribution in [2.45, 2.75) is 0 Å². The van der Waals surface area contributed by atoms with E-state index >= 15 is 0 Å². The third-order valence-corrected chi connectivity index (χ3v) is 2.97. The molecular formula is C15H11NO3. The van der Waals surface area contributed by atoms with Gasteiger partial charge in [-0.25, -0.2) is 0 Å². The van der Waals surface area contributed by atoms with E-state index in [1.807, 2.05) is 0 Å². The van der Waals surface area contributed by atoms with E-state index in [-0.39, 0.29) is 17.4 Å². The Morgan fingerprint density at radius 1 is 1.00 bits per heavy atom. The first-order valence-corrected chi connectivity index (χ1v) is 5.79. The van der Waals surface area contributed by atoms with Gasteiger partial charge < -0.3 is 15.5 Å². The molecule has 0 bridgehead atoms. The molecule has 0 atom stereocenters. The number of phenolic OH excluding ortho intramolecular Hbond substituents is 2. The molecule has 3 N–H and O–H groups in total. The lowest BCUT2D eigenvalue weighted by Gasteiger charge is -2.00. The van der Waals surface area contributed by atoms with Crippen molar-refractivity contribution < 1.29 is 15.0 Å². The summed E-state index contributed by atoms with van der Waals surface area (Å²) in [5.74, 6) is 0.0419. The number of carbonyl (C=O) groups is 1. The summed E-state index contributed by atoms with van der Waals surface area (Å²) in [5.41, 5.74) is 2.59. The minimum atomic E-state index is -0.219. The van der Waals surface area contributed by atoms with E-state index < -0.39 is 0 Å². The molecule has 2 aromatic rings. The van der Waals surface area contributed by atoms with Crippen LogP contribution in [0.5, 0.6) is 11.5 Å². The fourth-order valence-electron chi connectivity index (χ4n) is 2.11. The number of amides is 1. The Labute approximate surface area is 109 Å². The van der Waals surface area contributed by atoms with Gasteiger partial charge in [-0.1, -0.05) is 12.1 Å². The van der Waals surface area contributed by atoms with Crippen molar-refractivity contribution in [3.8, 4) is 11.5 Å². The Morgan fingerprint density at radius 2 is 1.79 bits per heavy atom. The van der Waals surface area contributed by atoms with Crippen LogP contribution in [-0.2, 0) is 4.79 Å². The molecule has 94 valence electrons. The molecule has 3 rings (SSSR count). The van der Waals surface area contributed by atoms with E-state index in [9.17, 15) is 15.0 Å². The molecule has 1 heterocycles. The Morgan fingerprint density at radius 3 is 2.58 bits per heavy atom. The van der Waals surface area contributed by atoms with Crippen LogP contribution in [0.1, 0.15) is 11.1 Å². The molecule has 0 unspecified atom stereocenters. The first-order valence-electron chi connectivity index (χ1n) is 5.79. The van der Waals surface area contributed by atoms with Crippen molar-refractivity contribution in [3.05, 3.63) is 53.6 Å². The Kier molecular flexibility index (Phi) is 2.49. The summed E-state index contributed by atoms with van der Waals surface area (Å²) >= 11 is 0. The Bertz CT molecular complexity index is 704. The number of benzene rings is 2. The lowest BCUT2D eigenvalue weighted by molar-refractivity contribution is -0.110. The number of aromatic hydroxyl groups is 2. The zero-order valence-electron chi connectivity index (χ0n) is 9.92. The molecule has 0 radical (unpaired) electrons. The van der Waals surface area contributed by atoms with Crippen molar-refractivity contribution in [2.24, 2.45) is 0 Å². The maximum absolute atomic E-state index is 11.9. The number of nitrogens with one attached hydrogen (secondary N) is 1. The molecule has 1 aliphatic rings. The van der Waals surface area contributed by atoms with Crippen LogP contribution in [0.3, 0.4) is 0 Å². The third kappa shape index (κ3) is 2.04. The molecule has 2 aromatic carbocycles. The maximum Gasteiger partial charge on any atom is 0.256 e. The second-order valence-corrected chi connectivity index (χ2v) is 4.34. The number of fused-ring (bicyclic) bond motifs is 1. The van der Waals surface area contributed by atoms with Crippen molar-refractivity contribution in [2.75, 3.05) is 5.32 Å². The van der Waals surface area contributed by atoms with E-state index in [2.05, 4.69) is 5.32 Å². The predicted molar refractivity (Wildman–Crippen MR) is 72.7 cm³/mol. The van der Waals surface area contributed by atoms with Gasteiger partial charge >= 0.3 is 0 Å². The predicted octanol–water partition coefficient (Wildman–Crippen LogP) is 2.59. The van der Waals surface area contributed by atoms with Crippen LogP contribution in [0.25, 0.3) is 11.6 Å². The van der Waals surface area contributed by atoms with Crippen molar-refractivity contribution in [1.82, 2.24) is 0 Å². The number of anilines is 1. The Hall–Kier alpha value is -2.75. The van der Waals surface area contributed by atoms with Gasteiger partial charge in [0, 0.05) is 17.2 Å². The van der Waals surface area contributed by atoms with E-state index in [1.54, 1.807) is 36.4 Å². The normalized spacial score (nSPS) is 15.4. The summed E-state index contributed by atoms with van der Waals surface area (Å²) in [6, 6.07) is 11.4. The van der Waals surface area contributed by atoms with Gasteiger partial charge in [-0.3, -0.25) is 4.79 Å². The van der Waals surface area contributed by atoms with E-state index in [0.29, 0.717) is 11.3 Å². The molecule has 0 saturated heterocycles. The zero-order chi connectivity index (χ0) is 13.4. The number of carbonyl (C=O) groups excluding carboxylic acids is 1. The molecule has 1 aliphatic heterocycles. The van der Waals surface area contributed by atoms with Gasteiger partial charge in [0.15, 0.2) is 0 Å². The number of hydrogen-bond acceptors (Lipinski definition) is 3. The van der Waals surface area contributed by atoms with E-state index in [0.717, 1.165) is 11.1 Å². The van der Waals surface area contributed by atoms with Crippen molar-refractivity contribution in [1.29, 1.82) is 0 Å². The topological polar surface area (TPSA) is 69.6 Å². The highest BCUT2D eigenvalue weighted by molar-refractivity contribution is 6.35. The van der Waals surface area contributed by atoms with Crippen LogP contribution in [0, 0.1) is 0 Å². The molecule has 0 aromatic heterocycles. The first-order chi connectivity index (χ1) is 9.13. The van der Waals surface area contributed by atoms with Crippen LogP contribution in [-0.4, -0.2) is 16.1 Å². The van der Waals surface area contributed by atoms with Gasteiger partial charge in [-0.05, 0) is 35.9 Å². The molecule has 4 heteroatoms. The number of hydrogen-bond donors (Lipinski definition) is 3. The van der Waals surface area contributed by atoms with E-state index in [1.165, 1.54) is 12.1 Å². The van der Waals surface area contributed by atoms with Gasteiger partial charge in [0.05, 0.1) is 5.69 Å². The molecule has 0 spiro atoms. The maximum atomic E-state index is 11.9. The first kappa shape index (κ1) is 11.3. The summed E-state index contributed by atoms with van der Waals surface area (Å²) in [6.45, 7) is 0. The van der Waals surface area contributed by atoms with Crippen LogP contribution < -0.4 is 5.32 Å². The highest BCUT2D eigenvalue weighted by Crippen LogP contribution is 2.35. The summed E-state index contributed by atoms with van der Waals surface area (Å²) in [5, 5.41) is 21.5. The largest absolute Gasteiger partial charge is 0.508 e. The van der Waals surface area contributed by atoms with Gasteiger partial charge in [0.2, 0.25) is 0 Å². The minimum absolute atomic E-state index is 0.109. The summed E-state index contributed by atoms with van der Waals surface area (Å²) in [4.78, 5) is 11.9. The average molecular weight is 253 g/mol. The summed E-state index contributed by atoms with van der Waals surface area (Å²) in [7, 11) is 0. The standard InChI is InChI=1S/C15H11NO3/c17-10-3-1-2-9(6-10)7-13-12-5-4-11(18)8-14(12)16-15(13)19/h1-8,17-18H,(H,16,19)/b13-7+. The number of phenols is 2. The molecule has 19 heavy (non-hydrogen) atoms. The summed E-state index contributed by atoms with van der Waals surface area (Å²) < 4.78 is 0. The quantitative estimate of drug-likeness (QED) is 0.684. The fourth-order valence-corrected chi connectivity index (χ4v) is 2.11. The SMILES string of the molecule is O=C1Nc2cc(O)ccc2/C1=C\c1cccc(O)c1. The van der Waals surface area contributed by atoms with Crippen LogP contribution >= 0.6 is 0 Å². The lowest BCUT2D eigenvalue weighted by atomic mass is 10.0. The fraction of sp³-hybridized carbons (Fsp3) is 0. The van der Waals surface area contributed by atoms with Gasteiger partial charge in [-0.15, -0.1) is 0 Å². The van der Waals surface area contributed by atoms with Crippen molar-refractivity contribution in [3.63, 3.8) is 0 Å². The smallest absolute Gasteiger partial charge is 0.256 e. The molecule has 0 saturated carbocycles. The average Bonchev–Trinajstić information content (AvgIpc) is 2.65. The number of rotatable bonds is 1. The monoisotopic (exact) mass is 253 g/mol. The van der Waals surface area contributed by atoms with Crippen LogP contribution in [0.15, 0.2) is 42.5 Å². The van der Waals surface area contributed by atoms with Crippen LogP contribution in [0.2, 0.25) is 0 Å². The van der Waals surface area contributed by atoms with Gasteiger partial charge in [0.1, 0.15) is 11.5 Å².